The Bertz CT molecular complexity index is 199. The zero-order valence-corrected chi connectivity index (χ0v) is 11.5. The fourth-order valence-corrected chi connectivity index (χ4v) is 1.88. The van der Waals surface area contributed by atoms with Crippen molar-refractivity contribution in [2.24, 2.45) is 0 Å². The van der Waals surface area contributed by atoms with Crippen molar-refractivity contribution in [1.82, 2.24) is 0 Å². The van der Waals surface area contributed by atoms with Gasteiger partial charge in [0.2, 0.25) is 0 Å². The average Bonchev–Trinajstić information content (AvgIpc) is 2.09. The van der Waals surface area contributed by atoms with Crippen molar-refractivity contribution in [2.45, 2.75) is 57.9 Å². The number of halogens is 1. The smallest absolute Gasteiger partial charge is 0.192 e. The number of hydrogen-bond donors (Lipinski definition) is 0. The van der Waals surface area contributed by atoms with E-state index >= 15 is 0 Å². The molecule has 2 nitrogen and oxygen atoms in total. The Hall–Kier alpha value is -0.223. The van der Waals surface area contributed by atoms with Crippen molar-refractivity contribution in [3.05, 3.63) is 0 Å². The van der Waals surface area contributed by atoms with Gasteiger partial charge in [-0.2, -0.15) is 0 Å². The highest BCUT2D eigenvalue weighted by molar-refractivity contribution is 6.74. The van der Waals surface area contributed by atoms with Crippen molar-refractivity contribution < 1.29 is 13.6 Å². The van der Waals surface area contributed by atoms with Gasteiger partial charge in [0.1, 0.15) is 12.5 Å². The molecule has 0 amide bonds. The molecule has 0 aliphatic carbocycles. The van der Waals surface area contributed by atoms with Gasteiger partial charge in [-0.05, 0) is 24.6 Å². The quantitative estimate of drug-likeness (QED) is 0.520. The van der Waals surface area contributed by atoms with Crippen LogP contribution in [0.3, 0.4) is 0 Å². The molecule has 0 aliphatic rings. The minimum atomic E-state index is -1.84. The summed E-state index contributed by atoms with van der Waals surface area (Å²) in [6, 6.07) is 0. The Morgan fingerprint density at radius 2 is 1.93 bits per heavy atom. The van der Waals surface area contributed by atoms with E-state index in [-0.39, 0.29) is 24.5 Å². The molecule has 1 atom stereocenters. The molecule has 90 valence electrons. The molecule has 1 unspecified atom stereocenters. The van der Waals surface area contributed by atoms with Gasteiger partial charge in [0, 0.05) is 6.42 Å². The molecule has 0 aliphatic heterocycles. The van der Waals surface area contributed by atoms with E-state index in [0.29, 0.717) is 0 Å². The topological polar surface area (TPSA) is 26.3 Å². The normalized spacial score (nSPS) is 15.1. The first-order valence-electron chi connectivity index (χ1n) is 5.42. The third-order valence-electron chi connectivity index (χ3n) is 3.03. The van der Waals surface area contributed by atoms with Crippen LogP contribution in [0, 0.1) is 0 Å². The summed E-state index contributed by atoms with van der Waals surface area (Å²) >= 11 is 0. The number of carbonyl (C=O) groups excluding carboxylic acids is 1. The molecule has 0 saturated heterocycles. The maximum Gasteiger partial charge on any atom is 0.192 e. The Labute approximate surface area is 93.3 Å². The number of alkyl halides is 1. The first-order chi connectivity index (χ1) is 6.70. The summed E-state index contributed by atoms with van der Waals surface area (Å²) < 4.78 is 18.9. The zero-order valence-electron chi connectivity index (χ0n) is 10.5. The molecule has 0 aromatic heterocycles. The van der Waals surface area contributed by atoms with E-state index in [1.807, 2.05) is 0 Å². The summed E-state index contributed by atoms with van der Waals surface area (Å²) in [6.07, 6.45) is 0.295. The Balaban J connectivity index is 3.98. The van der Waals surface area contributed by atoms with Crippen LogP contribution in [-0.4, -0.2) is 27.4 Å². The molecule has 0 radical (unpaired) electrons. The van der Waals surface area contributed by atoms with Crippen molar-refractivity contribution in [3.63, 3.8) is 0 Å². The SMILES string of the molecule is CC(C)(C)[Si](C)(C)OCC(F)CCC=O. The van der Waals surface area contributed by atoms with Gasteiger partial charge in [0.05, 0.1) is 6.61 Å². The Kier molecular flexibility index (Phi) is 5.66. The predicted molar refractivity (Wildman–Crippen MR) is 63.3 cm³/mol. The van der Waals surface area contributed by atoms with Gasteiger partial charge in [-0.3, -0.25) is 0 Å². The number of aldehydes is 1. The first-order valence-corrected chi connectivity index (χ1v) is 8.33. The van der Waals surface area contributed by atoms with E-state index < -0.39 is 14.5 Å². The highest BCUT2D eigenvalue weighted by Gasteiger charge is 2.37. The largest absolute Gasteiger partial charge is 0.414 e. The predicted octanol–water partition coefficient (Wildman–Crippen LogP) is 3.33. The molecule has 0 rings (SSSR count). The lowest BCUT2D eigenvalue weighted by Crippen LogP contribution is -2.42. The van der Waals surface area contributed by atoms with Gasteiger partial charge >= 0.3 is 0 Å². The van der Waals surface area contributed by atoms with E-state index in [1.165, 1.54) is 0 Å². The van der Waals surface area contributed by atoms with Crippen LogP contribution < -0.4 is 0 Å². The first kappa shape index (κ1) is 14.8. The molecular weight excluding hydrogens is 211 g/mol. The molecular formula is C11H23FO2Si. The Morgan fingerprint density at radius 3 is 2.33 bits per heavy atom. The molecule has 0 N–H and O–H groups in total. The van der Waals surface area contributed by atoms with Crippen LogP contribution in [0.1, 0.15) is 33.6 Å². The second-order valence-corrected chi connectivity index (χ2v) is 10.2. The second-order valence-electron chi connectivity index (χ2n) is 5.41. The minimum Gasteiger partial charge on any atom is -0.414 e. The van der Waals surface area contributed by atoms with Crippen molar-refractivity contribution >= 4 is 14.6 Å². The maximum atomic E-state index is 13.2. The van der Waals surface area contributed by atoms with Crippen LogP contribution >= 0.6 is 0 Å². The van der Waals surface area contributed by atoms with Crippen LogP contribution in [0.2, 0.25) is 18.1 Å². The van der Waals surface area contributed by atoms with Crippen molar-refractivity contribution in [1.29, 1.82) is 0 Å². The zero-order chi connectivity index (χ0) is 12.1. The third-order valence-corrected chi connectivity index (χ3v) is 7.53. The summed E-state index contributed by atoms with van der Waals surface area (Å²) in [5.74, 6) is 0. The van der Waals surface area contributed by atoms with E-state index in [9.17, 15) is 9.18 Å². The van der Waals surface area contributed by atoms with Crippen molar-refractivity contribution in [3.8, 4) is 0 Å². The molecule has 0 aromatic carbocycles. The Morgan fingerprint density at radius 1 is 1.40 bits per heavy atom. The van der Waals surface area contributed by atoms with E-state index in [1.54, 1.807) is 0 Å². The average molecular weight is 234 g/mol. The van der Waals surface area contributed by atoms with Crippen LogP contribution in [0.15, 0.2) is 0 Å². The highest BCUT2D eigenvalue weighted by Crippen LogP contribution is 2.36. The molecule has 0 saturated carbocycles. The summed E-state index contributed by atoms with van der Waals surface area (Å²) in [5.41, 5.74) is 0. The molecule has 0 spiro atoms. The minimum absolute atomic E-state index is 0.109. The van der Waals surface area contributed by atoms with Crippen molar-refractivity contribution in [2.75, 3.05) is 6.61 Å². The van der Waals surface area contributed by atoms with E-state index in [4.69, 9.17) is 4.43 Å². The highest BCUT2D eigenvalue weighted by atomic mass is 28.4. The molecule has 0 bridgehead atoms. The summed E-state index contributed by atoms with van der Waals surface area (Å²) in [5, 5.41) is 0.109. The number of hydrogen-bond acceptors (Lipinski definition) is 2. The van der Waals surface area contributed by atoms with Crippen LogP contribution in [-0.2, 0) is 9.22 Å². The summed E-state index contributed by atoms with van der Waals surface area (Å²) in [7, 11) is -1.84. The lowest BCUT2D eigenvalue weighted by atomic mass is 10.2. The molecule has 0 heterocycles. The molecule has 0 fully saturated rings. The molecule has 0 aromatic rings. The molecule has 4 heteroatoms. The number of carbonyl (C=O) groups is 1. The van der Waals surface area contributed by atoms with Gasteiger partial charge in [-0.25, -0.2) is 4.39 Å². The van der Waals surface area contributed by atoms with Gasteiger partial charge in [0.15, 0.2) is 8.32 Å². The summed E-state index contributed by atoms with van der Waals surface area (Å²) in [4.78, 5) is 10.1. The standard InChI is InChI=1S/C11H23FO2Si/c1-11(2,3)15(4,5)14-9-10(12)7-6-8-13/h8,10H,6-7,9H2,1-5H3. The fraction of sp³-hybridized carbons (Fsp3) is 0.909. The van der Waals surface area contributed by atoms with E-state index in [0.717, 1.165) is 6.29 Å². The monoisotopic (exact) mass is 234 g/mol. The third kappa shape index (κ3) is 5.42. The van der Waals surface area contributed by atoms with Crippen LogP contribution in [0.5, 0.6) is 0 Å². The van der Waals surface area contributed by atoms with Gasteiger partial charge < -0.3 is 9.22 Å². The van der Waals surface area contributed by atoms with Gasteiger partial charge in [-0.15, -0.1) is 0 Å². The summed E-state index contributed by atoms with van der Waals surface area (Å²) in [6.45, 7) is 10.7. The molecule has 15 heavy (non-hydrogen) atoms. The van der Waals surface area contributed by atoms with Gasteiger partial charge in [-0.1, -0.05) is 20.8 Å². The lowest BCUT2D eigenvalue weighted by Gasteiger charge is -2.36. The van der Waals surface area contributed by atoms with E-state index in [2.05, 4.69) is 33.9 Å². The second kappa shape index (κ2) is 5.75. The lowest BCUT2D eigenvalue weighted by molar-refractivity contribution is -0.108. The number of rotatable bonds is 6. The van der Waals surface area contributed by atoms with Crippen LogP contribution in [0.4, 0.5) is 4.39 Å². The van der Waals surface area contributed by atoms with Gasteiger partial charge in [0.25, 0.3) is 0 Å². The maximum absolute atomic E-state index is 13.2. The van der Waals surface area contributed by atoms with Crippen LogP contribution in [0.25, 0.3) is 0 Å². The fourth-order valence-electron chi connectivity index (χ4n) is 0.847.